The van der Waals surface area contributed by atoms with Crippen LogP contribution in [0.25, 0.3) is 10.8 Å². The average molecular weight is 269 g/mol. The number of hydrogen-bond donors (Lipinski definition) is 2. The molecule has 0 spiro atoms. The van der Waals surface area contributed by atoms with Crippen molar-refractivity contribution in [3.63, 3.8) is 0 Å². The lowest BCUT2D eigenvalue weighted by Crippen LogP contribution is -2.20. The third-order valence-electron chi connectivity index (χ3n) is 4.57. The van der Waals surface area contributed by atoms with Crippen LogP contribution in [-0.2, 0) is 0 Å². The van der Waals surface area contributed by atoms with Crippen LogP contribution in [0.15, 0.2) is 30.6 Å². The molecule has 3 N–H and O–H groups in total. The van der Waals surface area contributed by atoms with E-state index in [0.29, 0.717) is 0 Å². The monoisotopic (exact) mass is 269 g/mol. The summed E-state index contributed by atoms with van der Waals surface area (Å²) < 4.78 is 0. The van der Waals surface area contributed by atoms with Gasteiger partial charge in [0, 0.05) is 41.1 Å². The predicted octanol–water partition coefficient (Wildman–Crippen LogP) is 4.06. The van der Waals surface area contributed by atoms with Crippen molar-refractivity contribution in [2.45, 2.75) is 32.6 Å². The van der Waals surface area contributed by atoms with E-state index in [1.807, 2.05) is 24.5 Å². The van der Waals surface area contributed by atoms with Crippen molar-refractivity contribution in [2.75, 3.05) is 17.6 Å². The standard InChI is InChI=1S/C17H23N3/c1-12-2-4-13(5-3-12)10-20-17-7-6-16(18)15-11-19-9-8-14(15)17/h6-9,11-13,20H,2-5,10,18H2,1H3. The van der Waals surface area contributed by atoms with Crippen molar-refractivity contribution in [3.05, 3.63) is 30.6 Å². The van der Waals surface area contributed by atoms with Crippen LogP contribution in [0.5, 0.6) is 0 Å². The largest absolute Gasteiger partial charge is 0.398 e. The summed E-state index contributed by atoms with van der Waals surface area (Å²) >= 11 is 0. The van der Waals surface area contributed by atoms with Gasteiger partial charge in [-0.3, -0.25) is 4.98 Å². The van der Waals surface area contributed by atoms with Gasteiger partial charge in [0.25, 0.3) is 0 Å². The van der Waals surface area contributed by atoms with Crippen LogP contribution in [-0.4, -0.2) is 11.5 Å². The number of nitrogens with one attached hydrogen (secondary N) is 1. The molecule has 106 valence electrons. The van der Waals surface area contributed by atoms with E-state index >= 15 is 0 Å². The smallest absolute Gasteiger partial charge is 0.0422 e. The summed E-state index contributed by atoms with van der Waals surface area (Å²) in [5.74, 6) is 1.72. The Morgan fingerprint density at radius 1 is 1.15 bits per heavy atom. The summed E-state index contributed by atoms with van der Waals surface area (Å²) in [4.78, 5) is 4.17. The fraction of sp³-hybridized carbons (Fsp3) is 0.471. The molecule has 3 heteroatoms. The molecule has 1 aliphatic carbocycles. The molecule has 3 rings (SSSR count). The molecule has 0 amide bonds. The zero-order chi connectivity index (χ0) is 13.9. The topological polar surface area (TPSA) is 50.9 Å². The van der Waals surface area contributed by atoms with Crippen molar-refractivity contribution < 1.29 is 0 Å². The molecule has 1 saturated carbocycles. The van der Waals surface area contributed by atoms with Crippen LogP contribution in [0.3, 0.4) is 0 Å². The Kier molecular flexibility index (Phi) is 3.77. The predicted molar refractivity (Wildman–Crippen MR) is 85.8 cm³/mol. The molecule has 0 unspecified atom stereocenters. The first kappa shape index (κ1) is 13.2. The van der Waals surface area contributed by atoms with Gasteiger partial charge in [-0.15, -0.1) is 0 Å². The van der Waals surface area contributed by atoms with E-state index in [0.717, 1.165) is 29.5 Å². The molecule has 1 aromatic carbocycles. The van der Waals surface area contributed by atoms with Gasteiger partial charge in [-0.25, -0.2) is 0 Å². The molecular formula is C17H23N3. The van der Waals surface area contributed by atoms with E-state index in [1.165, 1.54) is 36.8 Å². The molecule has 2 aromatic rings. The second-order valence-electron chi connectivity index (χ2n) is 6.13. The van der Waals surface area contributed by atoms with Gasteiger partial charge in [0.05, 0.1) is 0 Å². The van der Waals surface area contributed by atoms with Gasteiger partial charge in [0.2, 0.25) is 0 Å². The number of rotatable bonds is 3. The summed E-state index contributed by atoms with van der Waals surface area (Å²) in [5, 5.41) is 5.82. The van der Waals surface area contributed by atoms with Crippen LogP contribution in [0, 0.1) is 11.8 Å². The van der Waals surface area contributed by atoms with E-state index in [2.05, 4.69) is 23.3 Å². The maximum Gasteiger partial charge on any atom is 0.0422 e. The Labute approximate surface area is 120 Å². The molecule has 3 nitrogen and oxygen atoms in total. The number of nitrogen functional groups attached to an aromatic ring is 1. The molecule has 0 radical (unpaired) electrons. The first-order valence-corrected chi connectivity index (χ1v) is 7.60. The summed E-state index contributed by atoms with van der Waals surface area (Å²) in [6, 6.07) is 6.09. The fourth-order valence-electron chi connectivity index (χ4n) is 3.15. The first-order valence-electron chi connectivity index (χ1n) is 7.60. The maximum absolute atomic E-state index is 6.01. The number of fused-ring (bicyclic) bond motifs is 1. The Balaban J connectivity index is 1.73. The number of anilines is 2. The molecule has 0 atom stereocenters. The Morgan fingerprint density at radius 3 is 2.75 bits per heavy atom. The number of nitrogens with zero attached hydrogens (tertiary/aromatic N) is 1. The highest BCUT2D eigenvalue weighted by atomic mass is 14.9. The molecular weight excluding hydrogens is 246 g/mol. The van der Waals surface area contributed by atoms with Gasteiger partial charge in [0.15, 0.2) is 0 Å². The van der Waals surface area contributed by atoms with Crippen LogP contribution in [0.2, 0.25) is 0 Å². The third kappa shape index (κ3) is 2.72. The second-order valence-corrected chi connectivity index (χ2v) is 6.13. The van der Waals surface area contributed by atoms with Crippen LogP contribution < -0.4 is 11.1 Å². The van der Waals surface area contributed by atoms with Crippen LogP contribution in [0.1, 0.15) is 32.6 Å². The number of benzene rings is 1. The highest BCUT2D eigenvalue weighted by Crippen LogP contribution is 2.31. The average Bonchev–Trinajstić information content (AvgIpc) is 2.49. The summed E-state index contributed by atoms with van der Waals surface area (Å²) in [7, 11) is 0. The van der Waals surface area contributed by atoms with E-state index in [4.69, 9.17) is 5.73 Å². The Bertz CT molecular complexity index is 586. The fourth-order valence-corrected chi connectivity index (χ4v) is 3.15. The van der Waals surface area contributed by atoms with Gasteiger partial charge < -0.3 is 11.1 Å². The van der Waals surface area contributed by atoms with Crippen molar-refractivity contribution in [1.82, 2.24) is 4.98 Å². The van der Waals surface area contributed by atoms with Crippen LogP contribution in [0.4, 0.5) is 11.4 Å². The summed E-state index contributed by atoms with van der Waals surface area (Å²) in [6.07, 6.45) is 9.12. The lowest BCUT2D eigenvalue weighted by molar-refractivity contribution is 0.300. The molecule has 1 aromatic heterocycles. The molecule has 1 aliphatic rings. The van der Waals surface area contributed by atoms with E-state index in [1.54, 1.807) is 0 Å². The maximum atomic E-state index is 6.01. The van der Waals surface area contributed by atoms with E-state index < -0.39 is 0 Å². The minimum absolute atomic E-state index is 0.796. The molecule has 0 bridgehead atoms. The lowest BCUT2D eigenvalue weighted by Gasteiger charge is -2.26. The third-order valence-corrected chi connectivity index (χ3v) is 4.57. The van der Waals surface area contributed by atoms with Gasteiger partial charge in [-0.05, 0) is 42.9 Å². The first-order chi connectivity index (χ1) is 9.74. The zero-order valence-electron chi connectivity index (χ0n) is 12.1. The minimum atomic E-state index is 0.796. The number of pyridine rings is 1. The molecule has 1 heterocycles. The quantitative estimate of drug-likeness (QED) is 0.826. The van der Waals surface area contributed by atoms with E-state index in [-0.39, 0.29) is 0 Å². The van der Waals surface area contributed by atoms with Gasteiger partial charge >= 0.3 is 0 Å². The normalized spacial score (nSPS) is 22.9. The van der Waals surface area contributed by atoms with Gasteiger partial charge in [-0.2, -0.15) is 0 Å². The molecule has 20 heavy (non-hydrogen) atoms. The SMILES string of the molecule is CC1CCC(CNc2ccc(N)c3cnccc23)CC1. The second kappa shape index (κ2) is 5.70. The molecule has 0 saturated heterocycles. The van der Waals surface area contributed by atoms with Gasteiger partial charge in [-0.1, -0.05) is 19.8 Å². The van der Waals surface area contributed by atoms with Crippen molar-refractivity contribution >= 4 is 22.1 Å². The van der Waals surface area contributed by atoms with Crippen molar-refractivity contribution in [3.8, 4) is 0 Å². The lowest BCUT2D eigenvalue weighted by atomic mass is 9.83. The van der Waals surface area contributed by atoms with Crippen molar-refractivity contribution in [1.29, 1.82) is 0 Å². The zero-order valence-corrected chi connectivity index (χ0v) is 12.1. The highest BCUT2D eigenvalue weighted by molar-refractivity contribution is 6.00. The van der Waals surface area contributed by atoms with Crippen LogP contribution >= 0.6 is 0 Å². The Hall–Kier alpha value is -1.77. The number of aromatic nitrogens is 1. The van der Waals surface area contributed by atoms with E-state index in [9.17, 15) is 0 Å². The van der Waals surface area contributed by atoms with Gasteiger partial charge in [0.1, 0.15) is 0 Å². The number of nitrogens with two attached hydrogens (primary N) is 1. The minimum Gasteiger partial charge on any atom is -0.398 e. The van der Waals surface area contributed by atoms with Crippen molar-refractivity contribution in [2.24, 2.45) is 11.8 Å². The number of hydrogen-bond acceptors (Lipinski definition) is 3. The Morgan fingerprint density at radius 2 is 1.95 bits per heavy atom. The summed E-state index contributed by atoms with van der Waals surface area (Å²) in [5.41, 5.74) is 7.98. The molecule has 1 fully saturated rings. The summed E-state index contributed by atoms with van der Waals surface area (Å²) in [6.45, 7) is 3.43. The highest BCUT2D eigenvalue weighted by Gasteiger charge is 2.18. The molecule has 0 aliphatic heterocycles.